The summed E-state index contributed by atoms with van der Waals surface area (Å²) in [5.41, 5.74) is 1.71. The molecule has 1 atom stereocenters. The van der Waals surface area contributed by atoms with Crippen molar-refractivity contribution in [3.63, 3.8) is 0 Å². The molecule has 1 aliphatic heterocycles. The van der Waals surface area contributed by atoms with Crippen LogP contribution in [0.1, 0.15) is 29.6 Å². The zero-order valence-corrected chi connectivity index (χ0v) is 16.9. The fourth-order valence-electron chi connectivity index (χ4n) is 3.11. The Morgan fingerprint density at radius 1 is 1.10 bits per heavy atom. The number of pyridine rings is 1. The van der Waals surface area contributed by atoms with Crippen molar-refractivity contribution in [2.75, 3.05) is 26.3 Å². The highest BCUT2D eigenvalue weighted by Crippen LogP contribution is 2.26. The summed E-state index contributed by atoms with van der Waals surface area (Å²) in [4.78, 5) is 18.9. The van der Waals surface area contributed by atoms with E-state index >= 15 is 0 Å². The van der Waals surface area contributed by atoms with Crippen LogP contribution in [0.2, 0.25) is 5.02 Å². The summed E-state index contributed by atoms with van der Waals surface area (Å²) in [7, 11) is 0. The number of aromatic nitrogens is 3. The first-order valence-corrected chi connectivity index (χ1v) is 9.85. The normalized spacial score (nSPS) is 15.2. The fourth-order valence-corrected chi connectivity index (χ4v) is 3.23. The van der Waals surface area contributed by atoms with E-state index in [1.807, 2.05) is 0 Å². The number of nitrogens with zero attached hydrogens (tertiary/aromatic N) is 4. The molecule has 0 saturated carbocycles. The number of hydrogen-bond donors (Lipinski definition) is 1. The first-order valence-electron chi connectivity index (χ1n) is 9.48. The first kappa shape index (κ1) is 21.1. The Balaban J connectivity index is 1.59. The number of morpholine rings is 1. The van der Waals surface area contributed by atoms with Crippen molar-refractivity contribution in [3.8, 4) is 11.5 Å². The molecule has 1 N–H and O–H groups in total. The molecule has 3 heterocycles. The first-order chi connectivity index (χ1) is 15.0. The fraction of sp³-hybridized carbons (Fsp3) is 0.300. The molecule has 162 valence electrons. The van der Waals surface area contributed by atoms with E-state index in [2.05, 4.69) is 20.5 Å². The predicted molar refractivity (Wildman–Crippen MR) is 107 cm³/mol. The molecule has 0 spiro atoms. The van der Waals surface area contributed by atoms with E-state index in [4.69, 9.17) is 20.8 Å². The lowest BCUT2D eigenvalue weighted by Gasteiger charge is -2.29. The Morgan fingerprint density at radius 2 is 1.84 bits per heavy atom. The number of carbonyl (C=O) groups excluding carboxylic acids is 1. The third kappa shape index (κ3) is 4.97. The van der Waals surface area contributed by atoms with Gasteiger partial charge in [0.15, 0.2) is 0 Å². The number of ether oxygens (including phenoxy) is 1. The molecular formula is C20H18ClF2N5O3. The third-order valence-corrected chi connectivity index (χ3v) is 4.98. The van der Waals surface area contributed by atoms with Gasteiger partial charge in [0.2, 0.25) is 5.89 Å². The van der Waals surface area contributed by atoms with Gasteiger partial charge in [-0.2, -0.15) is 8.78 Å². The minimum atomic E-state index is -2.85. The Morgan fingerprint density at radius 3 is 2.45 bits per heavy atom. The van der Waals surface area contributed by atoms with Crippen molar-refractivity contribution in [1.29, 1.82) is 0 Å². The molecule has 1 aromatic carbocycles. The summed E-state index contributed by atoms with van der Waals surface area (Å²) in [6.07, 6.45) is -1.42. The van der Waals surface area contributed by atoms with E-state index in [9.17, 15) is 13.6 Å². The maximum atomic E-state index is 12.8. The summed E-state index contributed by atoms with van der Waals surface area (Å²) in [5.74, 6) is -0.814. The lowest BCUT2D eigenvalue weighted by molar-refractivity contribution is 0.0527. The second kappa shape index (κ2) is 9.36. The summed E-state index contributed by atoms with van der Waals surface area (Å²) < 4.78 is 35.6. The number of nitrogens with one attached hydrogen (secondary N) is 1. The standard InChI is InChI=1S/C20H18ClF2N5O3/c21-14-4-1-12(2-5-14)16(25-20(29)28-7-9-30-10-8-28)15-6-3-13(11-24-15)18-26-27-19(31-18)17(22)23/h1-6,11,16-17H,7-10H2,(H,25,29). The number of urea groups is 1. The van der Waals surface area contributed by atoms with Crippen molar-refractivity contribution in [3.05, 3.63) is 64.8 Å². The van der Waals surface area contributed by atoms with Gasteiger partial charge in [0.1, 0.15) is 0 Å². The SMILES string of the molecule is O=C(NC(c1ccc(Cl)cc1)c1ccc(-c2nnc(C(F)F)o2)cn1)N1CCOCC1. The van der Waals surface area contributed by atoms with Crippen LogP contribution >= 0.6 is 11.6 Å². The largest absolute Gasteiger partial charge is 0.415 e. The lowest BCUT2D eigenvalue weighted by atomic mass is 10.0. The zero-order chi connectivity index (χ0) is 21.8. The molecular weight excluding hydrogens is 432 g/mol. The lowest BCUT2D eigenvalue weighted by Crippen LogP contribution is -2.47. The van der Waals surface area contributed by atoms with Crippen LogP contribution in [-0.4, -0.2) is 52.4 Å². The minimum absolute atomic E-state index is 0.0604. The van der Waals surface area contributed by atoms with E-state index in [0.29, 0.717) is 42.6 Å². The van der Waals surface area contributed by atoms with Crippen LogP contribution in [0, 0.1) is 0 Å². The maximum absolute atomic E-state index is 12.8. The molecule has 2 amide bonds. The van der Waals surface area contributed by atoms with E-state index in [0.717, 1.165) is 5.56 Å². The van der Waals surface area contributed by atoms with Crippen LogP contribution < -0.4 is 5.32 Å². The average Bonchev–Trinajstić information content (AvgIpc) is 3.30. The molecule has 0 aliphatic carbocycles. The highest BCUT2D eigenvalue weighted by molar-refractivity contribution is 6.30. The summed E-state index contributed by atoms with van der Waals surface area (Å²) in [6, 6.07) is 9.54. The molecule has 2 aromatic heterocycles. The number of hydrogen-bond acceptors (Lipinski definition) is 6. The number of carbonyl (C=O) groups is 1. The summed E-state index contributed by atoms with van der Waals surface area (Å²) >= 11 is 6.00. The van der Waals surface area contributed by atoms with E-state index in [1.165, 1.54) is 6.20 Å². The average molecular weight is 450 g/mol. The summed E-state index contributed by atoms with van der Waals surface area (Å²) in [6.45, 7) is 1.96. The molecule has 0 radical (unpaired) electrons. The van der Waals surface area contributed by atoms with Crippen LogP contribution in [0.5, 0.6) is 0 Å². The van der Waals surface area contributed by atoms with Crippen LogP contribution in [0.25, 0.3) is 11.5 Å². The topological polar surface area (TPSA) is 93.4 Å². The van der Waals surface area contributed by atoms with Gasteiger partial charge in [0, 0.05) is 24.3 Å². The number of alkyl halides is 2. The number of rotatable bonds is 5. The molecule has 0 bridgehead atoms. The molecule has 8 nitrogen and oxygen atoms in total. The molecule has 3 aromatic rings. The van der Waals surface area contributed by atoms with Crippen molar-refractivity contribution >= 4 is 17.6 Å². The molecule has 4 rings (SSSR count). The van der Waals surface area contributed by atoms with Gasteiger partial charge >= 0.3 is 12.5 Å². The van der Waals surface area contributed by atoms with Gasteiger partial charge in [-0.25, -0.2) is 4.79 Å². The summed E-state index contributed by atoms with van der Waals surface area (Å²) in [5, 5.41) is 10.5. The van der Waals surface area contributed by atoms with Crippen molar-refractivity contribution < 1.29 is 22.7 Å². The van der Waals surface area contributed by atoms with Crippen LogP contribution in [0.4, 0.5) is 13.6 Å². The smallest absolute Gasteiger partial charge is 0.318 e. The molecule has 1 fully saturated rings. The highest BCUT2D eigenvalue weighted by atomic mass is 35.5. The predicted octanol–water partition coefficient (Wildman–Crippen LogP) is 3.85. The van der Waals surface area contributed by atoms with Crippen LogP contribution in [-0.2, 0) is 4.74 Å². The number of benzene rings is 1. The van der Waals surface area contributed by atoms with Gasteiger partial charge in [-0.15, -0.1) is 10.2 Å². The number of halogens is 3. The monoisotopic (exact) mass is 449 g/mol. The van der Waals surface area contributed by atoms with E-state index in [-0.39, 0.29) is 11.9 Å². The Kier molecular flexibility index (Phi) is 6.38. The van der Waals surface area contributed by atoms with Crippen molar-refractivity contribution in [2.24, 2.45) is 0 Å². The van der Waals surface area contributed by atoms with Gasteiger partial charge in [-0.1, -0.05) is 23.7 Å². The van der Waals surface area contributed by atoms with Crippen molar-refractivity contribution in [1.82, 2.24) is 25.4 Å². The van der Waals surface area contributed by atoms with Gasteiger partial charge < -0.3 is 19.4 Å². The zero-order valence-electron chi connectivity index (χ0n) is 16.2. The van der Waals surface area contributed by atoms with E-state index < -0.39 is 18.4 Å². The van der Waals surface area contributed by atoms with Gasteiger partial charge in [-0.3, -0.25) is 4.98 Å². The highest BCUT2D eigenvalue weighted by Gasteiger charge is 2.24. The molecule has 31 heavy (non-hydrogen) atoms. The Bertz CT molecular complexity index is 1020. The minimum Gasteiger partial charge on any atom is -0.415 e. The van der Waals surface area contributed by atoms with E-state index in [1.54, 1.807) is 41.3 Å². The van der Waals surface area contributed by atoms with Gasteiger partial charge in [0.05, 0.1) is 30.5 Å². The Hall–Kier alpha value is -3.11. The van der Waals surface area contributed by atoms with Gasteiger partial charge in [0.25, 0.3) is 5.89 Å². The molecule has 1 aliphatic rings. The second-order valence-corrected chi connectivity index (χ2v) is 7.19. The van der Waals surface area contributed by atoms with Crippen LogP contribution in [0.3, 0.4) is 0 Å². The maximum Gasteiger partial charge on any atom is 0.318 e. The van der Waals surface area contributed by atoms with Crippen molar-refractivity contribution in [2.45, 2.75) is 12.5 Å². The van der Waals surface area contributed by atoms with Crippen LogP contribution in [0.15, 0.2) is 47.0 Å². The molecule has 1 saturated heterocycles. The molecule has 11 heteroatoms. The van der Waals surface area contributed by atoms with Gasteiger partial charge in [-0.05, 0) is 29.8 Å². The quantitative estimate of drug-likeness (QED) is 0.636. The number of amides is 2. The Labute approximate surface area is 181 Å². The molecule has 1 unspecified atom stereocenters. The third-order valence-electron chi connectivity index (χ3n) is 4.73. The second-order valence-electron chi connectivity index (χ2n) is 6.75.